The molecule has 4 atom stereocenters. The highest BCUT2D eigenvalue weighted by Crippen LogP contribution is 2.37. The van der Waals surface area contributed by atoms with Crippen molar-refractivity contribution in [2.75, 3.05) is 19.6 Å². The van der Waals surface area contributed by atoms with Gasteiger partial charge in [-0.15, -0.1) is 0 Å². The molecule has 0 radical (unpaired) electrons. The lowest BCUT2D eigenvalue weighted by Gasteiger charge is -2.35. The highest BCUT2D eigenvalue weighted by Gasteiger charge is 2.29. The van der Waals surface area contributed by atoms with Gasteiger partial charge in [-0.2, -0.15) is 0 Å². The summed E-state index contributed by atoms with van der Waals surface area (Å²) in [5.74, 6) is 2.74. The van der Waals surface area contributed by atoms with Gasteiger partial charge in [0.05, 0.1) is 0 Å². The molecule has 3 aliphatic rings. The Labute approximate surface area is 255 Å². The third-order valence-corrected chi connectivity index (χ3v) is 11.2. The molecule has 0 spiro atoms. The van der Waals surface area contributed by atoms with E-state index in [4.69, 9.17) is 0 Å². The fourth-order valence-corrected chi connectivity index (χ4v) is 8.27. The van der Waals surface area contributed by atoms with Crippen LogP contribution in [-0.4, -0.2) is 19.6 Å². The van der Waals surface area contributed by atoms with Crippen LogP contribution in [-0.2, 0) is 58.2 Å². The van der Waals surface area contributed by atoms with E-state index in [2.05, 4.69) is 91.3 Å². The van der Waals surface area contributed by atoms with Gasteiger partial charge < -0.3 is 16.0 Å². The van der Waals surface area contributed by atoms with Crippen molar-refractivity contribution in [3.05, 3.63) is 105 Å². The van der Waals surface area contributed by atoms with E-state index in [9.17, 15) is 0 Å². The Morgan fingerprint density at radius 2 is 1.07 bits per heavy atom. The molecule has 6 rings (SSSR count). The van der Waals surface area contributed by atoms with Crippen LogP contribution in [0.5, 0.6) is 0 Å². The lowest BCUT2D eigenvalue weighted by atomic mass is 9.70. The van der Waals surface area contributed by atoms with Gasteiger partial charge >= 0.3 is 0 Å². The van der Waals surface area contributed by atoms with Crippen molar-refractivity contribution in [1.29, 1.82) is 0 Å². The van der Waals surface area contributed by atoms with Gasteiger partial charge in [-0.05, 0) is 145 Å². The summed E-state index contributed by atoms with van der Waals surface area (Å²) in [6.45, 7) is 14.1. The van der Waals surface area contributed by atoms with Crippen molar-refractivity contribution < 1.29 is 0 Å². The van der Waals surface area contributed by atoms with E-state index < -0.39 is 0 Å². The van der Waals surface area contributed by atoms with Gasteiger partial charge in [0, 0.05) is 19.6 Å². The predicted molar refractivity (Wildman–Crippen MR) is 177 cm³/mol. The van der Waals surface area contributed by atoms with Crippen molar-refractivity contribution in [1.82, 2.24) is 16.0 Å². The van der Waals surface area contributed by atoms with Crippen molar-refractivity contribution >= 4 is 0 Å². The molecule has 3 aromatic rings. The second kappa shape index (κ2) is 13.9. The van der Waals surface area contributed by atoms with Crippen LogP contribution in [0.15, 0.2) is 54.6 Å². The third-order valence-electron chi connectivity index (χ3n) is 11.2. The fourth-order valence-electron chi connectivity index (χ4n) is 8.27. The largest absolute Gasteiger partial charge is 0.312 e. The third kappa shape index (κ3) is 6.69. The molecule has 0 aromatic heterocycles. The number of fused-ring (bicyclic) bond motifs is 3. The molecule has 224 valence electrons. The minimum Gasteiger partial charge on any atom is -0.312 e. The lowest BCUT2D eigenvalue weighted by molar-refractivity contribution is 0.179. The Balaban J connectivity index is 1.19. The number of benzene rings is 3. The summed E-state index contributed by atoms with van der Waals surface area (Å²) in [4.78, 5) is 0. The molecule has 3 aromatic carbocycles. The molecule has 3 heterocycles. The summed E-state index contributed by atoms with van der Waals surface area (Å²) >= 11 is 0. The Morgan fingerprint density at radius 1 is 0.548 bits per heavy atom. The topological polar surface area (TPSA) is 36.1 Å². The molecule has 3 nitrogen and oxygen atoms in total. The van der Waals surface area contributed by atoms with Crippen molar-refractivity contribution in [3.8, 4) is 0 Å². The van der Waals surface area contributed by atoms with Crippen LogP contribution in [0, 0.1) is 23.7 Å². The first kappa shape index (κ1) is 29.6. The van der Waals surface area contributed by atoms with E-state index in [1.54, 1.807) is 44.5 Å². The van der Waals surface area contributed by atoms with Gasteiger partial charge in [-0.1, -0.05) is 75.4 Å². The molecule has 0 bridgehead atoms. The van der Waals surface area contributed by atoms with Gasteiger partial charge in [0.15, 0.2) is 0 Å². The van der Waals surface area contributed by atoms with Gasteiger partial charge in [0.2, 0.25) is 0 Å². The number of aryl methyl sites for hydroxylation is 2. The highest BCUT2D eigenvalue weighted by atomic mass is 14.9. The monoisotopic (exact) mass is 563 g/mol. The molecule has 0 amide bonds. The van der Waals surface area contributed by atoms with Crippen LogP contribution in [0.3, 0.4) is 0 Å². The van der Waals surface area contributed by atoms with Gasteiger partial charge in [0.25, 0.3) is 0 Å². The lowest BCUT2D eigenvalue weighted by Crippen LogP contribution is -2.30. The van der Waals surface area contributed by atoms with Crippen LogP contribution in [0.4, 0.5) is 0 Å². The Morgan fingerprint density at radius 3 is 1.71 bits per heavy atom. The van der Waals surface area contributed by atoms with Crippen molar-refractivity contribution in [2.24, 2.45) is 23.7 Å². The Hall–Kier alpha value is -2.46. The molecular weight excluding hydrogens is 510 g/mol. The van der Waals surface area contributed by atoms with Gasteiger partial charge in [-0.25, -0.2) is 0 Å². The molecular formula is C39H53N3. The van der Waals surface area contributed by atoms with Gasteiger partial charge in [0.1, 0.15) is 0 Å². The standard InChI is InChI=1S/C39H53N3/c1-27(13-15-30-7-4-9-32-17-20-41-25-38(30)32)29(3)37(23-34-11-6-12-35-24-40-22-19-36(34)35)28(2)14-16-31-8-5-10-33-18-21-42-26-39(31)33/h4-12,27-29,37,40-42H,13-26H2,1-3H3. The number of hydrogen-bond acceptors (Lipinski definition) is 3. The van der Waals surface area contributed by atoms with E-state index in [-0.39, 0.29) is 0 Å². The summed E-state index contributed by atoms with van der Waals surface area (Å²) in [6.07, 6.45) is 9.68. The predicted octanol–water partition coefficient (Wildman–Crippen LogP) is 6.96. The van der Waals surface area contributed by atoms with Crippen LogP contribution in [0.2, 0.25) is 0 Å². The number of rotatable bonds is 11. The maximum Gasteiger partial charge on any atom is 0.0211 e. The average molecular weight is 564 g/mol. The molecule has 3 aliphatic heterocycles. The second-order valence-corrected chi connectivity index (χ2v) is 13.7. The van der Waals surface area contributed by atoms with E-state index in [1.807, 2.05) is 0 Å². The zero-order chi connectivity index (χ0) is 28.9. The van der Waals surface area contributed by atoms with E-state index >= 15 is 0 Å². The van der Waals surface area contributed by atoms with Crippen molar-refractivity contribution in [3.63, 3.8) is 0 Å². The molecule has 0 saturated carbocycles. The molecule has 3 N–H and O–H groups in total. The summed E-state index contributed by atoms with van der Waals surface area (Å²) in [6, 6.07) is 21.2. The average Bonchev–Trinajstić information content (AvgIpc) is 3.04. The van der Waals surface area contributed by atoms with E-state index in [0.717, 1.165) is 39.3 Å². The normalized spacial score (nSPS) is 19.2. The first-order chi connectivity index (χ1) is 20.6. The number of nitrogens with one attached hydrogen (secondary N) is 3. The second-order valence-electron chi connectivity index (χ2n) is 13.7. The minimum atomic E-state index is 0.682. The highest BCUT2D eigenvalue weighted by molar-refractivity contribution is 5.39. The summed E-state index contributed by atoms with van der Waals surface area (Å²) in [5.41, 5.74) is 14.2. The van der Waals surface area contributed by atoms with Crippen LogP contribution < -0.4 is 16.0 Å². The maximum absolute atomic E-state index is 3.62. The van der Waals surface area contributed by atoms with Gasteiger partial charge in [-0.3, -0.25) is 0 Å². The Bertz CT molecular complexity index is 1340. The fraction of sp³-hybridized carbons (Fsp3) is 0.538. The molecule has 0 aliphatic carbocycles. The first-order valence-corrected chi connectivity index (χ1v) is 17.0. The molecule has 4 unspecified atom stereocenters. The number of hydrogen-bond donors (Lipinski definition) is 3. The van der Waals surface area contributed by atoms with E-state index in [1.165, 1.54) is 56.9 Å². The smallest absolute Gasteiger partial charge is 0.0211 e. The van der Waals surface area contributed by atoms with Crippen molar-refractivity contribution in [2.45, 2.75) is 91.8 Å². The molecule has 0 fully saturated rings. The van der Waals surface area contributed by atoms with Crippen LogP contribution >= 0.6 is 0 Å². The molecule has 0 saturated heterocycles. The zero-order valence-corrected chi connectivity index (χ0v) is 26.4. The zero-order valence-electron chi connectivity index (χ0n) is 26.4. The minimum absolute atomic E-state index is 0.682. The summed E-state index contributed by atoms with van der Waals surface area (Å²) < 4.78 is 0. The SMILES string of the molecule is CC(CCc1cccc2c1CNCC2)C(C)C(Cc1cccc2c1CCNC2)C(C)CCc1cccc2c1CNCC2. The first-order valence-electron chi connectivity index (χ1n) is 17.0. The molecule has 42 heavy (non-hydrogen) atoms. The van der Waals surface area contributed by atoms with E-state index in [0.29, 0.717) is 23.7 Å². The summed E-state index contributed by atoms with van der Waals surface area (Å²) in [5, 5.41) is 10.8. The quantitative estimate of drug-likeness (QED) is 0.236. The van der Waals surface area contributed by atoms with Crippen LogP contribution in [0.25, 0.3) is 0 Å². The summed E-state index contributed by atoms with van der Waals surface area (Å²) in [7, 11) is 0. The van der Waals surface area contributed by atoms with Crippen LogP contribution in [0.1, 0.15) is 83.7 Å². The maximum atomic E-state index is 3.62. The molecule has 3 heteroatoms. The Kier molecular flexibility index (Phi) is 9.79.